The van der Waals surface area contributed by atoms with E-state index >= 15 is 0 Å². The first kappa shape index (κ1) is 17.4. The average molecular weight is 347 g/mol. The van der Waals surface area contributed by atoms with Crippen LogP contribution in [-0.2, 0) is 22.4 Å². The van der Waals surface area contributed by atoms with Crippen LogP contribution in [0, 0.1) is 17.2 Å². The highest BCUT2D eigenvalue weighted by Gasteiger charge is 2.26. The molecule has 5 nitrogen and oxygen atoms in total. The summed E-state index contributed by atoms with van der Waals surface area (Å²) in [6.07, 6.45) is 3.38. The first-order chi connectivity index (χ1) is 11.5. The number of nitriles is 1. The maximum absolute atomic E-state index is 12.4. The van der Waals surface area contributed by atoms with Gasteiger partial charge in [-0.1, -0.05) is 6.92 Å². The summed E-state index contributed by atoms with van der Waals surface area (Å²) in [4.78, 5) is 15.8. The molecule has 130 valence electrons. The van der Waals surface area contributed by atoms with E-state index in [1.807, 2.05) is 13.8 Å². The van der Waals surface area contributed by atoms with Gasteiger partial charge in [-0.25, -0.2) is 0 Å². The first-order valence-corrected chi connectivity index (χ1v) is 9.50. The number of carbonyl (C=O) groups is 1. The fraction of sp³-hybridized carbons (Fsp3) is 0.667. The van der Waals surface area contributed by atoms with Gasteiger partial charge in [-0.05, 0) is 44.6 Å². The van der Waals surface area contributed by atoms with E-state index in [0.29, 0.717) is 18.0 Å². The van der Waals surface area contributed by atoms with Crippen LogP contribution in [0.15, 0.2) is 0 Å². The number of nitrogens with zero attached hydrogens (tertiary/aromatic N) is 2. The number of thiophene rings is 1. The summed E-state index contributed by atoms with van der Waals surface area (Å²) in [7, 11) is 0. The lowest BCUT2D eigenvalue weighted by Gasteiger charge is -2.34. The van der Waals surface area contributed by atoms with Crippen molar-refractivity contribution in [2.45, 2.75) is 52.2 Å². The van der Waals surface area contributed by atoms with Crippen molar-refractivity contribution in [1.29, 1.82) is 5.26 Å². The highest BCUT2D eigenvalue weighted by Crippen LogP contribution is 2.39. The van der Waals surface area contributed by atoms with Crippen molar-refractivity contribution < 1.29 is 9.53 Å². The van der Waals surface area contributed by atoms with Crippen LogP contribution in [0.3, 0.4) is 0 Å². The number of fused-ring (bicyclic) bond motifs is 1. The van der Waals surface area contributed by atoms with Crippen LogP contribution in [0.2, 0.25) is 0 Å². The minimum atomic E-state index is -0.0422. The van der Waals surface area contributed by atoms with Crippen molar-refractivity contribution in [2.24, 2.45) is 5.92 Å². The van der Waals surface area contributed by atoms with Crippen molar-refractivity contribution in [3.8, 4) is 6.07 Å². The summed E-state index contributed by atoms with van der Waals surface area (Å²) in [5.74, 6) is 0.613. The molecule has 0 spiro atoms. The Morgan fingerprint density at radius 2 is 2.08 bits per heavy atom. The number of rotatable bonds is 3. The summed E-state index contributed by atoms with van der Waals surface area (Å²) < 4.78 is 5.70. The van der Waals surface area contributed by atoms with E-state index in [9.17, 15) is 10.1 Å². The molecule has 2 aliphatic rings. The fourth-order valence-electron chi connectivity index (χ4n) is 3.74. The Balaban J connectivity index is 1.67. The maximum Gasteiger partial charge on any atom is 0.239 e. The monoisotopic (exact) mass is 347 g/mol. The molecule has 1 fully saturated rings. The SMILES string of the molecule is C[C@@H]1CCc2c(sc(NC(=O)CN3C[C@H](C)O[C@@H](C)C3)c2C#N)C1. The molecular formula is C18H25N3O2S. The Labute approximate surface area is 147 Å². The Morgan fingerprint density at radius 1 is 1.38 bits per heavy atom. The summed E-state index contributed by atoms with van der Waals surface area (Å²) in [5, 5.41) is 13.2. The zero-order valence-electron chi connectivity index (χ0n) is 14.6. The molecule has 1 aromatic rings. The zero-order valence-corrected chi connectivity index (χ0v) is 15.4. The predicted octanol–water partition coefficient (Wildman–Crippen LogP) is 2.79. The van der Waals surface area contributed by atoms with E-state index in [1.54, 1.807) is 11.3 Å². The molecule has 3 atom stereocenters. The third-order valence-corrected chi connectivity index (χ3v) is 5.91. The van der Waals surface area contributed by atoms with E-state index in [-0.39, 0.29) is 18.1 Å². The third-order valence-electron chi connectivity index (χ3n) is 4.74. The zero-order chi connectivity index (χ0) is 17.3. The van der Waals surface area contributed by atoms with Gasteiger partial charge in [0.1, 0.15) is 11.1 Å². The van der Waals surface area contributed by atoms with Crippen LogP contribution >= 0.6 is 11.3 Å². The molecule has 24 heavy (non-hydrogen) atoms. The van der Waals surface area contributed by atoms with Crippen LogP contribution in [0.4, 0.5) is 5.00 Å². The van der Waals surface area contributed by atoms with Crippen molar-refractivity contribution in [3.63, 3.8) is 0 Å². The second-order valence-electron chi connectivity index (χ2n) is 7.17. The summed E-state index contributed by atoms with van der Waals surface area (Å²) in [5.41, 5.74) is 1.84. The fourth-order valence-corrected chi connectivity index (χ4v) is 5.12. The molecule has 6 heteroatoms. The Hall–Kier alpha value is -1.42. The van der Waals surface area contributed by atoms with Gasteiger partial charge in [0.2, 0.25) is 5.91 Å². The van der Waals surface area contributed by atoms with Gasteiger partial charge in [0.25, 0.3) is 0 Å². The molecule has 0 saturated carbocycles. The van der Waals surface area contributed by atoms with Gasteiger partial charge in [-0.2, -0.15) is 5.26 Å². The lowest BCUT2D eigenvalue weighted by Crippen LogP contribution is -2.48. The summed E-state index contributed by atoms with van der Waals surface area (Å²) in [6.45, 7) is 8.18. The molecule has 0 radical (unpaired) electrons. The van der Waals surface area contributed by atoms with Crippen molar-refractivity contribution in [3.05, 3.63) is 16.0 Å². The predicted molar refractivity (Wildman–Crippen MR) is 95.3 cm³/mol. The van der Waals surface area contributed by atoms with Gasteiger partial charge in [0.15, 0.2) is 0 Å². The highest BCUT2D eigenvalue weighted by molar-refractivity contribution is 7.16. The lowest BCUT2D eigenvalue weighted by atomic mass is 9.89. The smallest absolute Gasteiger partial charge is 0.239 e. The van der Waals surface area contributed by atoms with E-state index in [1.165, 1.54) is 4.88 Å². The number of carbonyl (C=O) groups excluding carboxylic acids is 1. The van der Waals surface area contributed by atoms with Crippen molar-refractivity contribution >= 4 is 22.2 Å². The molecule has 1 saturated heterocycles. The van der Waals surface area contributed by atoms with Crippen LogP contribution in [0.1, 0.15) is 43.2 Å². The topological polar surface area (TPSA) is 65.4 Å². The summed E-state index contributed by atoms with van der Waals surface area (Å²) in [6, 6.07) is 2.30. The van der Waals surface area contributed by atoms with E-state index < -0.39 is 0 Å². The quantitative estimate of drug-likeness (QED) is 0.913. The molecule has 1 aromatic heterocycles. The standard InChI is InChI=1S/C18H25N3O2S/c1-11-4-5-14-15(7-19)18(24-16(14)6-11)20-17(22)10-21-8-12(2)23-13(3)9-21/h11-13H,4-6,8-10H2,1-3H3,(H,20,22)/t11-,12+,13+/m1/s1. The molecule has 0 bridgehead atoms. The number of ether oxygens (including phenoxy) is 1. The molecule has 1 aliphatic heterocycles. The van der Waals surface area contributed by atoms with Gasteiger partial charge in [0, 0.05) is 18.0 Å². The van der Waals surface area contributed by atoms with E-state index in [0.717, 1.165) is 42.9 Å². The minimum absolute atomic E-state index is 0.0422. The number of anilines is 1. The summed E-state index contributed by atoms with van der Waals surface area (Å²) >= 11 is 1.58. The average Bonchev–Trinajstić information content (AvgIpc) is 2.81. The number of nitrogens with one attached hydrogen (secondary N) is 1. The molecule has 0 unspecified atom stereocenters. The molecular weight excluding hydrogens is 322 g/mol. The van der Waals surface area contributed by atoms with E-state index in [2.05, 4.69) is 23.2 Å². The first-order valence-electron chi connectivity index (χ1n) is 8.68. The molecule has 1 N–H and O–H groups in total. The van der Waals surface area contributed by atoms with Crippen LogP contribution in [-0.4, -0.2) is 42.6 Å². The van der Waals surface area contributed by atoms with Crippen LogP contribution in [0.25, 0.3) is 0 Å². The van der Waals surface area contributed by atoms with Gasteiger partial charge in [0.05, 0.1) is 24.3 Å². The Bertz CT molecular complexity index is 654. The van der Waals surface area contributed by atoms with Crippen LogP contribution in [0.5, 0.6) is 0 Å². The number of morpholine rings is 1. The second kappa shape index (κ2) is 7.22. The number of amides is 1. The lowest BCUT2D eigenvalue weighted by molar-refractivity contribution is -0.121. The van der Waals surface area contributed by atoms with Crippen LogP contribution < -0.4 is 5.32 Å². The van der Waals surface area contributed by atoms with E-state index in [4.69, 9.17) is 4.74 Å². The van der Waals surface area contributed by atoms with Gasteiger partial charge in [-0.15, -0.1) is 11.3 Å². The number of hydrogen-bond acceptors (Lipinski definition) is 5. The minimum Gasteiger partial charge on any atom is -0.373 e. The van der Waals surface area contributed by atoms with Gasteiger partial charge in [-0.3, -0.25) is 9.69 Å². The molecule has 1 amide bonds. The van der Waals surface area contributed by atoms with Gasteiger partial charge < -0.3 is 10.1 Å². The Morgan fingerprint density at radius 3 is 2.75 bits per heavy atom. The number of hydrogen-bond donors (Lipinski definition) is 1. The molecule has 1 aliphatic carbocycles. The van der Waals surface area contributed by atoms with Crippen molar-refractivity contribution in [2.75, 3.05) is 25.0 Å². The molecule has 2 heterocycles. The largest absolute Gasteiger partial charge is 0.373 e. The Kier molecular flexibility index (Phi) is 5.24. The second-order valence-corrected chi connectivity index (χ2v) is 8.27. The molecule has 3 rings (SSSR count). The van der Waals surface area contributed by atoms with Gasteiger partial charge >= 0.3 is 0 Å². The third kappa shape index (κ3) is 3.80. The normalized spacial score (nSPS) is 27.3. The highest BCUT2D eigenvalue weighted by atomic mass is 32.1. The molecule has 0 aromatic carbocycles. The van der Waals surface area contributed by atoms with Crippen molar-refractivity contribution in [1.82, 2.24) is 4.90 Å². The maximum atomic E-state index is 12.4.